The third-order valence-electron chi connectivity index (χ3n) is 6.14. The Morgan fingerprint density at radius 3 is 2.52 bits per heavy atom. The molecule has 10 heteroatoms. The average molecular weight is 467 g/mol. The van der Waals surface area contributed by atoms with Crippen molar-refractivity contribution in [3.8, 4) is 0 Å². The minimum absolute atomic E-state index is 0.0527. The Bertz CT molecular complexity index is 968. The Morgan fingerprint density at radius 2 is 1.87 bits per heavy atom. The van der Waals surface area contributed by atoms with E-state index >= 15 is 0 Å². The molecule has 2 saturated heterocycles. The van der Waals surface area contributed by atoms with E-state index in [1.165, 1.54) is 4.90 Å². The topological polar surface area (TPSA) is 61.4 Å². The largest absolute Gasteiger partial charge is 0.367 e. The Kier molecular flexibility index (Phi) is 6.44. The fraction of sp³-hybridized carbons (Fsp3) is 0.571. The third kappa shape index (κ3) is 4.81. The average Bonchev–Trinajstić information content (AvgIpc) is 2.69. The number of nitrogens with one attached hydrogen (secondary N) is 1. The fourth-order valence-electron chi connectivity index (χ4n) is 4.55. The first-order chi connectivity index (χ1) is 14.6. The summed E-state index contributed by atoms with van der Waals surface area (Å²) in [5.41, 5.74) is 3.83. The highest BCUT2D eigenvalue weighted by molar-refractivity contribution is 7.37. The van der Waals surface area contributed by atoms with Gasteiger partial charge in [0.05, 0.1) is 30.3 Å². The number of nitrogens with zero attached hydrogens (tertiary/aromatic N) is 4. The van der Waals surface area contributed by atoms with E-state index in [2.05, 4.69) is 57.7 Å². The fourth-order valence-corrected chi connectivity index (χ4v) is 5.09. The van der Waals surface area contributed by atoms with Crippen LogP contribution in [0.1, 0.15) is 31.2 Å². The Balaban J connectivity index is 1.51. The van der Waals surface area contributed by atoms with Gasteiger partial charge in [-0.1, -0.05) is 13.0 Å². The minimum Gasteiger partial charge on any atom is -0.367 e. The molecule has 31 heavy (non-hydrogen) atoms. The lowest BCUT2D eigenvalue weighted by Crippen LogP contribution is -2.63. The summed E-state index contributed by atoms with van der Waals surface area (Å²) >= 11 is 0. The standard InChI is InChI=1S/C21H29F2N5OP2/c1-12-7-14(26-19(29)13(2)28-10-21(22,23)11-28)9-27(8-12)16-4-3-15(20(30)31)17-18(16)25-6-5-24-17/h3-6,12-14,20H,7-11,30-31H2,1-2H3,(H,26,29)/t12-,13?,14+/m0/s1. The number of piperidine rings is 1. The summed E-state index contributed by atoms with van der Waals surface area (Å²) in [7, 11) is 5.54. The number of alkyl halides is 2. The number of likely N-dealkylation sites (tertiary alicyclic amines) is 1. The van der Waals surface area contributed by atoms with Crippen molar-refractivity contribution < 1.29 is 13.6 Å². The molecule has 0 radical (unpaired) electrons. The van der Waals surface area contributed by atoms with Gasteiger partial charge in [0.15, 0.2) is 0 Å². The van der Waals surface area contributed by atoms with Crippen molar-refractivity contribution in [3.63, 3.8) is 0 Å². The lowest BCUT2D eigenvalue weighted by molar-refractivity contribution is -0.156. The molecule has 4 rings (SSSR count). The molecule has 0 aliphatic carbocycles. The summed E-state index contributed by atoms with van der Waals surface area (Å²) in [5, 5.41) is 3.27. The quantitative estimate of drug-likeness (QED) is 0.686. The van der Waals surface area contributed by atoms with Crippen molar-refractivity contribution in [2.75, 3.05) is 31.1 Å². The van der Waals surface area contributed by atoms with Crippen molar-refractivity contribution in [1.29, 1.82) is 0 Å². The molecule has 2 aromatic rings. The second-order valence-electron chi connectivity index (χ2n) is 8.84. The van der Waals surface area contributed by atoms with E-state index in [-0.39, 0.29) is 30.4 Å². The van der Waals surface area contributed by atoms with Crippen LogP contribution in [0.2, 0.25) is 0 Å². The number of hydrogen-bond donors (Lipinski definition) is 1. The van der Waals surface area contributed by atoms with Gasteiger partial charge >= 0.3 is 0 Å². The van der Waals surface area contributed by atoms with E-state index in [9.17, 15) is 13.6 Å². The third-order valence-corrected chi connectivity index (χ3v) is 6.86. The van der Waals surface area contributed by atoms with Crippen molar-refractivity contribution in [3.05, 3.63) is 30.1 Å². The Hall–Kier alpha value is -1.49. The summed E-state index contributed by atoms with van der Waals surface area (Å²) in [6, 6.07) is 3.55. The first kappa shape index (κ1) is 22.7. The molecule has 1 N–H and O–H groups in total. The van der Waals surface area contributed by atoms with Gasteiger partial charge in [0, 0.05) is 36.9 Å². The first-order valence-corrected chi connectivity index (χ1v) is 11.9. The molecule has 5 atom stereocenters. The molecular formula is C21H29F2N5OP2. The molecule has 0 bridgehead atoms. The summed E-state index contributed by atoms with van der Waals surface area (Å²) in [5.74, 6) is -2.50. The van der Waals surface area contributed by atoms with Gasteiger partial charge in [-0.05, 0) is 30.9 Å². The number of hydrogen-bond acceptors (Lipinski definition) is 5. The molecule has 2 aliphatic rings. The monoisotopic (exact) mass is 467 g/mol. The number of aromatic nitrogens is 2. The van der Waals surface area contributed by atoms with Crippen LogP contribution >= 0.6 is 18.5 Å². The smallest absolute Gasteiger partial charge is 0.272 e. The van der Waals surface area contributed by atoms with Crippen molar-refractivity contribution in [2.24, 2.45) is 5.92 Å². The Morgan fingerprint density at radius 1 is 1.19 bits per heavy atom. The molecule has 3 heterocycles. The highest BCUT2D eigenvalue weighted by Crippen LogP contribution is 2.37. The van der Waals surface area contributed by atoms with E-state index in [1.807, 2.05) is 0 Å². The molecular weight excluding hydrogens is 438 g/mol. The number of carbonyl (C=O) groups excluding carboxylic acids is 1. The number of halogens is 2. The van der Waals surface area contributed by atoms with E-state index in [1.54, 1.807) is 19.3 Å². The van der Waals surface area contributed by atoms with Gasteiger partial charge in [-0.25, -0.2) is 8.78 Å². The molecule has 0 saturated carbocycles. The van der Waals surface area contributed by atoms with Crippen LogP contribution in [0.15, 0.2) is 24.5 Å². The van der Waals surface area contributed by atoms with E-state index in [0.29, 0.717) is 12.5 Å². The zero-order valence-corrected chi connectivity index (χ0v) is 20.1. The minimum atomic E-state index is -2.67. The maximum absolute atomic E-state index is 13.2. The van der Waals surface area contributed by atoms with Crippen LogP contribution in [0, 0.1) is 5.92 Å². The maximum atomic E-state index is 13.2. The van der Waals surface area contributed by atoms with Gasteiger partial charge in [0.1, 0.15) is 5.52 Å². The zero-order valence-electron chi connectivity index (χ0n) is 17.8. The number of amides is 1. The highest BCUT2D eigenvalue weighted by Gasteiger charge is 2.47. The van der Waals surface area contributed by atoms with Crippen LogP contribution in [-0.4, -0.2) is 65.0 Å². The van der Waals surface area contributed by atoms with Crippen LogP contribution < -0.4 is 10.2 Å². The molecule has 0 spiro atoms. The molecule has 1 aromatic heterocycles. The van der Waals surface area contributed by atoms with Crippen LogP contribution in [0.3, 0.4) is 0 Å². The van der Waals surface area contributed by atoms with Crippen molar-refractivity contribution in [2.45, 2.75) is 43.7 Å². The molecule has 2 aliphatic heterocycles. The van der Waals surface area contributed by atoms with Gasteiger partial charge in [-0.2, -0.15) is 0 Å². The first-order valence-electron chi connectivity index (χ1n) is 10.6. The Labute approximate surface area is 186 Å². The summed E-state index contributed by atoms with van der Waals surface area (Å²) in [6.07, 6.45) is 4.26. The van der Waals surface area contributed by atoms with Gasteiger partial charge in [0.25, 0.3) is 5.92 Å². The molecule has 6 nitrogen and oxygen atoms in total. The second-order valence-corrected chi connectivity index (χ2v) is 11.0. The zero-order chi connectivity index (χ0) is 22.3. The van der Waals surface area contributed by atoms with E-state index < -0.39 is 12.0 Å². The van der Waals surface area contributed by atoms with Crippen LogP contribution in [-0.2, 0) is 4.79 Å². The number of benzene rings is 1. The maximum Gasteiger partial charge on any atom is 0.272 e. The predicted molar refractivity (Wildman–Crippen MR) is 126 cm³/mol. The van der Waals surface area contributed by atoms with Gasteiger partial charge in [-0.3, -0.25) is 19.7 Å². The summed E-state index contributed by atoms with van der Waals surface area (Å²) in [6.45, 7) is 4.66. The molecule has 168 valence electrons. The number of carbonyl (C=O) groups is 1. The van der Waals surface area contributed by atoms with Crippen LogP contribution in [0.5, 0.6) is 0 Å². The van der Waals surface area contributed by atoms with Crippen LogP contribution in [0.4, 0.5) is 14.5 Å². The SMILES string of the molecule is CC(C(=O)N[C@@H]1C[C@H](C)CN(c2ccc(C(P)P)c3nccnc23)C1)N1CC(F)(F)C1. The molecule has 1 amide bonds. The van der Waals surface area contributed by atoms with Crippen molar-refractivity contribution >= 4 is 41.1 Å². The normalized spacial score (nSPS) is 24.8. The van der Waals surface area contributed by atoms with Gasteiger partial charge in [0.2, 0.25) is 5.91 Å². The predicted octanol–water partition coefficient (Wildman–Crippen LogP) is 3.05. The summed E-state index contributed by atoms with van der Waals surface area (Å²) in [4.78, 5) is 25.6. The lowest BCUT2D eigenvalue weighted by Gasteiger charge is -2.43. The van der Waals surface area contributed by atoms with Gasteiger partial charge < -0.3 is 10.2 Å². The van der Waals surface area contributed by atoms with E-state index in [0.717, 1.165) is 35.2 Å². The summed E-state index contributed by atoms with van der Waals surface area (Å²) < 4.78 is 26.3. The molecule has 1 aromatic carbocycles. The number of anilines is 1. The second kappa shape index (κ2) is 8.80. The highest BCUT2D eigenvalue weighted by atomic mass is 31.1. The lowest BCUT2D eigenvalue weighted by atomic mass is 9.94. The van der Waals surface area contributed by atoms with Gasteiger partial charge in [-0.15, -0.1) is 18.5 Å². The van der Waals surface area contributed by atoms with Crippen molar-refractivity contribution in [1.82, 2.24) is 20.2 Å². The van der Waals surface area contributed by atoms with Crippen LogP contribution in [0.25, 0.3) is 11.0 Å². The number of rotatable bonds is 5. The molecule has 2 fully saturated rings. The van der Waals surface area contributed by atoms with E-state index in [4.69, 9.17) is 0 Å². The number of fused-ring (bicyclic) bond motifs is 1. The molecule has 3 unspecified atom stereocenters.